The second-order valence-electron chi connectivity index (χ2n) is 14.2. The fraction of sp³-hybridized carbons (Fsp3) is 1.00. The van der Waals surface area contributed by atoms with Crippen LogP contribution in [0.25, 0.3) is 0 Å². The summed E-state index contributed by atoms with van der Waals surface area (Å²) < 4.78 is 0. The van der Waals surface area contributed by atoms with Gasteiger partial charge in [-0.25, -0.2) is 0 Å². The number of hydrogen-bond acceptors (Lipinski definition) is 0. The number of hydrogen-bond donors (Lipinski definition) is 0. The van der Waals surface area contributed by atoms with E-state index in [0.717, 1.165) is 107 Å². The van der Waals surface area contributed by atoms with Crippen LogP contribution in [0.2, 0.25) is 0 Å². The van der Waals surface area contributed by atoms with Crippen molar-refractivity contribution in [3.8, 4) is 0 Å². The third-order valence-corrected chi connectivity index (χ3v) is 14.1. The largest absolute Gasteiger partial charge is 0.0620 e. The summed E-state index contributed by atoms with van der Waals surface area (Å²) in [5.41, 5.74) is 0. The van der Waals surface area contributed by atoms with Gasteiger partial charge in [0.1, 0.15) is 0 Å². The van der Waals surface area contributed by atoms with Crippen LogP contribution in [0.3, 0.4) is 0 Å². The molecule has 16 atom stereocenters. The minimum absolute atomic E-state index is 0.885. The van der Waals surface area contributed by atoms with Gasteiger partial charge < -0.3 is 0 Å². The molecule has 4 fully saturated rings. The summed E-state index contributed by atoms with van der Waals surface area (Å²) in [4.78, 5) is 0. The highest BCUT2D eigenvalue weighted by atomic mass is 14.7. The first kappa shape index (κ1) is 24.1. The van der Waals surface area contributed by atoms with Crippen LogP contribution >= 0.6 is 0 Å². The van der Waals surface area contributed by atoms with Crippen LogP contribution in [-0.4, -0.2) is 0 Å². The molecule has 0 N–H and O–H groups in total. The molecule has 0 aromatic rings. The van der Waals surface area contributed by atoms with Crippen LogP contribution in [0.5, 0.6) is 0 Å². The summed E-state index contributed by atoms with van der Waals surface area (Å²) in [7, 11) is 0. The molecular formula is C31H56. The Morgan fingerprint density at radius 1 is 0.258 bits per heavy atom. The highest BCUT2D eigenvalue weighted by Gasteiger charge is 2.63. The van der Waals surface area contributed by atoms with Gasteiger partial charge in [0.05, 0.1) is 0 Å². The first-order chi connectivity index (χ1) is 14.4. The zero-order valence-electron chi connectivity index (χ0n) is 23.1. The average Bonchev–Trinajstić information content (AvgIpc) is 3.17. The molecule has 4 saturated carbocycles. The summed E-state index contributed by atoms with van der Waals surface area (Å²) in [6.07, 6.45) is 1.54. The van der Waals surface area contributed by atoms with Crippen molar-refractivity contribution >= 4 is 0 Å². The second kappa shape index (κ2) is 8.34. The predicted molar refractivity (Wildman–Crippen MR) is 136 cm³/mol. The van der Waals surface area contributed by atoms with Crippen molar-refractivity contribution in [1.29, 1.82) is 0 Å². The zero-order chi connectivity index (χ0) is 23.1. The van der Waals surface area contributed by atoms with Gasteiger partial charge in [0, 0.05) is 0 Å². The van der Waals surface area contributed by atoms with E-state index in [1.54, 1.807) is 0 Å². The van der Waals surface area contributed by atoms with E-state index in [4.69, 9.17) is 0 Å². The third-order valence-electron chi connectivity index (χ3n) is 14.1. The Hall–Kier alpha value is 0. The first-order valence-electron chi connectivity index (χ1n) is 14.4. The fourth-order valence-electron chi connectivity index (χ4n) is 10.8. The highest BCUT2D eigenvalue weighted by molar-refractivity contribution is 5.10. The normalized spacial score (nSPS) is 64.3. The summed E-state index contributed by atoms with van der Waals surface area (Å²) in [6, 6.07) is 0. The summed E-state index contributed by atoms with van der Waals surface area (Å²) in [6.45, 7) is 31.4. The molecule has 0 heteroatoms. The van der Waals surface area contributed by atoms with Gasteiger partial charge in [-0.1, -0.05) is 83.1 Å². The molecule has 4 aliphatic carbocycles. The molecule has 31 heavy (non-hydrogen) atoms. The molecule has 0 aliphatic heterocycles. The zero-order valence-corrected chi connectivity index (χ0v) is 23.1. The van der Waals surface area contributed by atoms with Crippen LogP contribution in [0.15, 0.2) is 0 Å². The summed E-state index contributed by atoms with van der Waals surface area (Å²) >= 11 is 0. The van der Waals surface area contributed by atoms with Crippen LogP contribution < -0.4 is 0 Å². The smallest absolute Gasteiger partial charge is 0.0318 e. The summed E-state index contributed by atoms with van der Waals surface area (Å²) in [5.74, 6) is 16.6. The second-order valence-corrected chi connectivity index (χ2v) is 14.2. The lowest BCUT2D eigenvalue weighted by Gasteiger charge is -2.51. The molecule has 0 heterocycles. The van der Waals surface area contributed by atoms with Crippen molar-refractivity contribution in [2.45, 2.75) is 89.5 Å². The number of rotatable bonds is 2. The molecule has 16 unspecified atom stereocenters. The molecular weight excluding hydrogens is 372 g/mol. The molecule has 0 bridgehead atoms. The molecule has 4 aliphatic rings. The van der Waals surface area contributed by atoms with Gasteiger partial charge in [-0.05, 0) is 113 Å². The average molecular weight is 429 g/mol. The molecule has 0 nitrogen and oxygen atoms in total. The van der Waals surface area contributed by atoms with E-state index in [0.29, 0.717) is 0 Å². The lowest BCUT2D eigenvalue weighted by Crippen LogP contribution is -2.46. The standard InChI is InChI=1S/C31H56/c1-14-15(2)21(8)26(20(14)7)13-27-28-22(9)16(3)18(5)24(11)30(28)31-25(12)19(6)17(4)23(10)29(27)31/h14-31H,13H2,1-12H3. The highest BCUT2D eigenvalue weighted by Crippen LogP contribution is 2.68. The Morgan fingerprint density at radius 2 is 0.516 bits per heavy atom. The fourth-order valence-corrected chi connectivity index (χ4v) is 10.8. The van der Waals surface area contributed by atoms with Gasteiger partial charge in [-0.3, -0.25) is 0 Å². The maximum atomic E-state index is 2.67. The Balaban J connectivity index is 1.75. The SMILES string of the molecule is CC1C(C)C(C)C(CC2C3C(C)C(C)C(C)C(C)C3C3C(C)C(C)C(C)C(C)C23)C1C. The monoisotopic (exact) mass is 428 g/mol. The van der Waals surface area contributed by atoms with E-state index in [9.17, 15) is 0 Å². The van der Waals surface area contributed by atoms with Gasteiger partial charge in [-0.2, -0.15) is 0 Å². The molecule has 0 amide bonds. The van der Waals surface area contributed by atoms with Crippen molar-refractivity contribution in [2.75, 3.05) is 0 Å². The van der Waals surface area contributed by atoms with E-state index >= 15 is 0 Å². The molecule has 0 radical (unpaired) electrons. The van der Waals surface area contributed by atoms with Crippen LogP contribution in [0, 0.1) is 107 Å². The maximum Gasteiger partial charge on any atom is -0.0318 e. The van der Waals surface area contributed by atoms with Gasteiger partial charge in [0.15, 0.2) is 0 Å². The Labute approximate surface area is 196 Å². The third kappa shape index (κ3) is 3.33. The van der Waals surface area contributed by atoms with Crippen molar-refractivity contribution in [1.82, 2.24) is 0 Å². The lowest BCUT2D eigenvalue weighted by atomic mass is 9.53. The minimum atomic E-state index is 0.885. The van der Waals surface area contributed by atoms with Crippen molar-refractivity contribution in [3.05, 3.63) is 0 Å². The van der Waals surface area contributed by atoms with Gasteiger partial charge in [0.25, 0.3) is 0 Å². The van der Waals surface area contributed by atoms with Gasteiger partial charge >= 0.3 is 0 Å². The lowest BCUT2D eigenvalue weighted by molar-refractivity contribution is -0.0377. The van der Waals surface area contributed by atoms with Gasteiger partial charge in [0.2, 0.25) is 0 Å². The molecule has 0 aromatic carbocycles. The van der Waals surface area contributed by atoms with Crippen molar-refractivity contribution < 1.29 is 0 Å². The molecule has 0 spiro atoms. The maximum absolute atomic E-state index is 2.67. The Bertz CT molecular complexity index is 584. The topological polar surface area (TPSA) is 0 Å². The van der Waals surface area contributed by atoms with E-state index in [-0.39, 0.29) is 0 Å². The van der Waals surface area contributed by atoms with E-state index in [1.165, 1.54) is 6.42 Å². The quantitative estimate of drug-likeness (QED) is 0.412. The van der Waals surface area contributed by atoms with Gasteiger partial charge in [-0.15, -0.1) is 0 Å². The van der Waals surface area contributed by atoms with E-state index in [2.05, 4.69) is 83.1 Å². The van der Waals surface area contributed by atoms with Crippen LogP contribution in [0.4, 0.5) is 0 Å². The predicted octanol–water partition coefficient (Wildman–Crippen LogP) is 8.76. The van der Waals surface area contributed by atoms with Crippen LogP contribution in [0.1, 0.15) is 89.5 Å². The molecule has 180 valence electrons. The Kier molecular flexibility index (Phi) is 6.49. The first-order valence-corrected chi connectivity index (χ1v) is 14.4. The minimum Gasteiger partial charge on any atom is -0.0620 e. The van der Waals surface area contributed by atoms with Crippen molar-refractivity contribution in [3.63, 3.8) is 0 Å². The van der Waals surface area contributed by atoms with E-state index < -0.39 is 0 Å². The van der Waals surface area contributed by atoms with E-state index in [1.807, 2.05) is 0 Å². The summed E-state index contributed by atoms with van der Waals surface area (Å²) in [5, 5.41) is 0. The molecule has 0 aromatic heterocycles. The molecule has 0 saturated heterocycles. The van der Waals surface area contributed by atoms with Crippen LogP contribution in [-0.2, 0) is 0 Å². The molecule has 4 rings (SSSR count). The number of fused-ring (bicyclic) bond motifs is 3. The Morgan fingerprint density at radius 3 is 0.839 bits per heavy atom. The van der Waals surface area contributed by atoms with Crippen molar-refractivity contribution in [2.24, 2.45) is 107 Å².